The van der Waals surface area contributed by atoms with Crippen molar-refractivity contribution in [3.8, 4) is 11.5 Å². The third-order valence-electron chi connectivity index (χ3n) is 6.36. The zero-order valence-corrected chi connectivity index (χ0v) is 21.1. The number of halogens is 1. The molecule has 0 bridgehead atoms. The number of rotatable bonds is 4. The summed E-state index contributed by atoms with van der Waals surface area (Å²) in [4.78, 5) is 41.7. The minimum atomic E-state index is -0.875. The second-order valence-corrected chi connectivity index (χ2v) is 9.33. The maximum atomic E-state index is 13.4. The smallest absolute Gasteiger partial charge is 0.336 e. The van der Waals surface area contributed by atoms with E-state index in [0.29, 0.717) is 16.3 Å². The predicted molar refractivity (Wildman–Crippen MR) is 136 cm³/mol. The topological polar surface area (TPSA) is 88.2 Å². The lowest BCUT2D eigenvalue weighted by atomic mass is 9.88. The number of likely N-dealkylation sites (N-methyl/N-ethyl adjacent to an activating group) is 1. The third kappa shape index (κ3) is 4.14. The Balaban J connectivity index is 1.80. The van der Waals surface area contributed by atoms with Crippen LogP contribution in [0.3, 0.4) is 0 Å². The van der Waals surface area contributed by atoms with Gasteiger partial charge in [0.1, 0.15) is 17.1 Å². The van der Waals surface area contributed by atoms with Crippen LogP contribution in [0.15, 0.2) is 42.0 Å². The van der Waals surface area contributed by atoms with Gasteiger partial charge in [0.25, 0.3) is 11.8 Å². The van der Waals surface area contributed by atoms with Gasteiger partial charge in [-0.25, -0.2) is 9.69 Å². The van der Waals surface area contributed by atoms with Crippen LogP contribution < -0.4 is 24.6 Å². The second kappa shape index (κ2) is 8.78. The fraction of sp³-hybridized carbons (Fsp3) is 0.269. The van der Waals surface area contributed by atoms with E-state index < -0.39 is 17.8 Å². The lowest BCUT2D eigenvalue weighted by Crippen LogP contribution is -2.54. The van der Waals surface area contributed by atoms with E-state index in [-0.39, 0.29) is 22.5 Å². The highest BCUT2D eigenvalue weighted by molar-refractivity contribution is 6.40. The Morgan fingerprint density at radius 2 is 1.74 bits per heavy atom. The van der Waals surface area contributed by atoms with Crippen LogP contribution in [0, 0.1) is 0 Å². The average Bonchev–Trinajstić information content (AvgIpc) is 2.80. The van der Waals surface area contributed by atoms with Crippen LogP contribution in [-0.2, 0) is 9.59 Å². The van der Waals surface area contributed by atoms with Crippen molar-refractivity contribution in [2.24, 2.45) is 0 Å². The molecule has 0 aliphatic carbocycles. The number of carbonyl (C=O) groups is 3. The zero-order valence-electron chi connectivity index (χ0n) is 20.4. The van der Waals surface area contributed by atoms with Gasteiger partial charge in [-0.05, 0) is 62.2 Å². The summed E-state index contributed by atoms with van der Waals surface area (Å²) >= 11 is 6.60. The first kappa shape index (κ1) is 24.3. The molecule has 4 rings (SSSR count). The van der Waals surface area contributed by atoms with E-state index in [9.17, 15) is 14.4 Å². The Hall–Kier alpha value is -3.78. The van der Waals surface area contributed by atoms with Crippen molar-refractivity contribution < 1.29 is 23.9 Å². The second-order valence-electron chi connectivity index (χ2n) is 8.93. The van der Waals surface area contributed by atoms with Gasteiger partial charge < -0.3 is 14.4 Å². The van der Waals surface area contributed by atoms with Crippen LogP contribution in [0.5, 0.6) is 11.5 Å². The van der Waals surface area contributed by atoms with Crippen LogP contribution in [0.1, 0.15) is 31.9 Å². The predicted octanol–water partition coefficient (Wildman–Crippen LogP) is 4.66. The van der Waals surface area contributed by atoms with Crippen molar-refractivity contribution in [3.63, 3.8) is 0 Å². The molecule has 0 saturated carbocycles. The number of carbonyl (C=O) groups excluding carboxylic acids is 3. The summed E-state index contributed by atoms with van der Waals surface area (Å²) < 4.78 is 10.5. The first-order valence-electron chi connectivity index (χ1n) is 10.9. The Bertz CT molecular complexity index is 1330. The summed E-state index contributed by atoms with van der Waals surface area (Å²) in [5, 5.41) is 2.60. The minimum Gasteiger partial charge on any atom is -0.497 e. The van der Waals surface area contributed by atoms with E-state index in [1.807, 2.05) is 26.1 Å². The van der Waals surface area contributed by atoms with E-state index in [1.54, 1.807) is 12.1 Å². The van der Waals surface area contributed by atoms with Crippen LogP contribution in [0.2, 0.25) is 5.02 Å². The quantitative estimate of drug-likeness (QED) is 0.490. The third-order valence-corrected chi connectivity index (χ3v) is 6.69. The molecule has 35 heavy (non-hydrogen) atoms. The number of anilines is 2. The van der Waals surface area contributed by atoms with Crippen LogP contribution in [-0.4, -0.2) is 44.7 Å². The number of ether oxygens (including phenoxy) is 2. The minimum absolute atomic E-state index is 0.174. The van der Waals surface area contributed by atoms with Gasteiger partial charge in [0.05, 0.1) is 25.4 Å². The Labute approximate surface area is 208 Å². The first-order chi connectivity index (χ1) is 16.5. The summed E-state index contributed by atoms with van der Waals surface area (Å²) in [7, 11) is 4.89. The van der Waals surface area contributed by atoms with Crippen molar-refractivity contribution in [2.75, 3.05) is 31.1 Å². The van der Waals surface area contributed by atoms with E-state index in [1.165, 1.54) is 26.4 Å². The molecule has 9 heteroatoms. The molecule has 8 nitrogen and oxygen atoms in total. The first-order valence-corrected chi connectivity index (χ1v) is 11.3. The molecule has 1 N–H and O–H groups in total. The molecule has 0 spiro atoms. The number of hydrogen-bond donors (Lipinski definition) is 1. The Kier molecular flexibility index (Phi) is 6.11. The standard InChI is InChI=1S/C26H26ClN3O5/c1-14-13-26(2,3)29(4)21-12-19(27)15(9-17(14)21)10-18-23(31)28-25(33)30(24(18)32)20-8-7-16(34-5)11-22(20)35-6/h7-13H,1-6H3,(H,28,31,33)/b18-10+. The number of hydrogen-bond acceptors (Lipinski definition) is 6. The van der Waals surface area contributed by atoms with Crippen LogP contribution in [0.25, 0.3) is 11.6 Å². The molecule has 0 atom stereocenters. The van der Waals surface area contributed by atoms with E-state index in [0.717, 1.165) is 21.7 Å². The van der Waals surface area contributed by atoms with E-state index in [4.69, 9.17) is 21.1 Å². The lowest BCUT2D eigenvalue weighted by molar-refractivity contribution is -0.122. The molecule has 0 unspecified atom stereocenters. The number of urea groups is 1. The normalized spacial score (nSPS) is 18.3. The molecule has 2 heterocycles. The number of methoxy groups -OCH3 is 2. The van der Waals surface area contributed by atoms with Gasteiger partial charge in [-0.15, -0.1) is 0 Å². The molecule has 1 fully saturated rings. The number of benzene rings is 2. The van der Waals surface area contributed by atoms with E-state index >= 15 is 0 Å². The summed E-state index contributed by atoms with van der Waals surface area (Å²) in [6.07, 6.45) is 3.55. The molecule has 182 valence electrons. The molecule has 2 aromatic carbocycles. The zero-order chi connectivity index (χ0) is 25.7. The fourth-order valence-corrected chi connectivity index (χ4v) is 4.51. The number of amides is 4. The summed E-state index contributed by atoms with van der Waals surface area (Å²) in [5.74, 6) is -0.871. The molecule has 2 aliphatic rings. The fourth-order valence-electron chi connectivity index (χ4n) is 4.30. The monoisotopic (exact) mass is 495 g/mol. The lowest BCUT2D eigenvalue weighted by Gasteiger charge is -2.40. The number of allylic oxidation sites excluding steroid dienone is 1. The van der Waals surface area contributed by atoms with Crippen molar-refractivity contribution in [1.29, 1.82) is 0 Å². The molecule has 2 aromatic rings. The number of nitrogens with zero attached hydrogens (tertiary/aromatic N) is 2. The van der Waals surface area contributed by atoms with Gasteiger partial charge in [0.2, 0.25) is 0 Å². The van der Waals surface area contributed by atoms with Gasteiger partial charge >= 0.3 is 6.03 Å². The molecule has 0 aromatic heterocycles. The molecule has 0 radical (unpaired) electrons. The average molecular weight is 496 g/mol. The van der Waals surface area contributed by atoms with Gasteiger partial charge in [-0.2, -0.15) is 0 Å². The van der Waals surface area contributed by atoms with Gasteiger partial charge in [0, 0.05) is 29.4 Å². The Morgan fingerprint density at radius 1 is 1.03 bits per heavy atom. The highest BCUT2D eigenvalue weighted by atomic mass is 35.5. The highest BCUT2D eigenvalue weighted by Gasteiger charge is 2.38. The van der Waals surface area contributed by atoms with Crippen LogP contribution >= 0.6 is 11.6 Å². The van der Waals surface area contributed by atoms with Gasteiger partial charge in [-0.3, -0.25) is 14.9 Å². The largest absolute Gasteiger partial charge is 0.497 e. The van der Waals surface area contributed by atoms with Gasteiger partial charge in [-0.1, -0.05) is 17.7 Å². The maximum absolute atomic E-state index is 13.4. The molecule has 4 amide bonds. The van der Waals surface area contributed by atoms with Crippen molar-refractivity contribution in [3.05, 3.63) is 58.1 Å². The van der Waals surface area contributed by atoms with Crippen molar-refractivity contribution in [1.82, 2.24) is 5.32 Å². The SMILES string of the molecule is COc1ccc(N2C(=O)NC(=O)/C(=C\c3cc4c(cc3Cl)N(C)C(C)(C)C=C4C)C2=O)c(OC)c1. The highest BCUT2D eigenvalue weighted by Crippen LogP contribution is 2.41. The molecule has 1 saturated heterocycles. The number of nitrogens with one attached hydrogen (secondary N) is 1. The molecular formula is C26H26ClN3O5. The Morgan fingerprint density at radius 3 is 2.40 bits per heavy atom. The van der Waals surface area contributed by atoms with Gasteiger partial charge in [0.15, 0.2) is 0 Å². The van der Waals surface area contributed by atoms with Crippen molar-refractivity contribution in [2.45, 2.75) is 26.3 Å². The molecule has 2 aliphatic heterocycles. The molecular weight excluding hydrogens is 470 g/mol. The number of fused-ring (bicyclic) bond motifs is 1. The number of barbiturate groups is 1. The van der Waals surface area contributed by atoms with Crippen LogP contribution in [0.4, 0.5) is 16.2 Å². The van der Waals surface area contributed by atoms with Crippen molar-refractivity contribution >= 4 is 52.5 Å². The summed E-state index contributed by atoms with van der Waals surface area (Å²) in [6, 6.07) is 7.44. The maximum Gasteiger partial charge on any atom is 0.336 e. The summed E-state index contributed by atoms with van der Waals surface area (Å²) in [5.41, 5.74) is 3.18. The van der Waals surface area contributed by atoms with E-state index in [2.05, 4.69) is 30.1 Å². The number of imide groups is 2. The summed E-state index contributed by atoms with van der Waals surface area (Å²) in [6.45, 7) is 6.22.